The molecule has 0 radical (unpaired) electrons. The highest BCUT2D eigenvalue weighted by atomic mass is 79.9. The van der Waals surface area contributed by atoms with Crippen LogP contribution in [0.1, 0.15) is 28.8 Å². The lowest BCUT2D eigenvalue weighted by atomic mass is 10.0. The first-order chi connectivity index (χ1) is 6.68. The normalized spacial score (nSPS) is 15.7. The SMILES string of the molecule is Cc1cc2c(cc1Br)OCCCC2=O. The molecule has 2 nitrogen and oxygen atoms in total. The summed E-state index contributed by atoms with van der Waals surface area (Å²) in [6, 6.07) is 3.78. The lowest BCUT2D eigenvalue weighted by Gasteiger charge is -2.08. The van der Waals surface area contributed by atoms with Gasteiger partial charge in [0.05, 0.1) is 12.2 Å². The smallest absolute Gasteiger partial charge is 0.166 e. The first-order valence-electron chi connectivity index (χ1n) is 4.64. The maximum Gasteiger partial charge on any atom is 0.166 e. The van der Waals surface area contributed by atoms with Gasteiger partial charge in [-0.1, -0.05) is 15.9 Å². The van der Waals surface area contributed by atoms with Gasteiger partial charge >= 0.3 is 0 Å². The Morgan fingerprint density at radius 1 is 1.43 bits per heavy atom. The molecule has 14 heavy (non-hydrogen) atoms. The second-order valence-electron chi connectivity index (χ2n) is 3.47. The number of hydrogen-bond donors (Lipinski definition) is 0. The third-order valence-electron chi connectivity index (χ3n) is 2.37. The molecule has 0 saturated carbocycles. The zero-order chi connectivity index (χ0) is 10.1. The van der Waals surface area contributed by atoms with Gasteiger partial charge in [0.1, 0.15) is 5.75 Å². The van der Waals surface area contributed by atoms with Crippen LogP contribution in [0.3, 0.4) is 0 Å². The van der Waals surface area contributed by atoms with Crippen molar-refractivity contribution >= 4 is 21.7 Å². The van der Waals surface area contributed by atoms with Gasteiger partial charge in [-0.25, -0.2) is 0 Å². The van der Waals surface area contributed by atoms with Crippen LogP contribution in [0.15, 0.2) is 16.6 Å². The average Bonchev–Trinajstić information content (AvgIpc) is 2.31. The molecule has 0 bridgehead atoms. The minimum atomic E-state index is 0.188. The molecule has 74 valence electrons. The average molecular weight is 255 g/mol. The van der Waals surface area contributed by atoms with Gasteiger partial charge in [-0.15, -0.1) is 0 Å². The maximum absolute atomic E-state index is 11.7. The summed E-state index contributed by atoms with van der Waals surface area (Å²) >= 11 is 3.43. The molecule has 0 atom stereocenters. The highest BCUT2D eigenvalue weighted by Gasteiger charge is 2.17. The number of carbonyl (C=O) groups is 1. The lowest BCUT2D eigenvalue weighted by Crippen LogP contribution is -1.98. The molecule has 2 rings (SSSR count). The first-order valence-corrected chi connectivity index (χ1v) is 5.44. The van der Waals surface area contributed by atoms with Gasteiger partial charge in [0.15, 0.2) is 5.78 Å². The molecular formula is C11H11BrO2. The third kappa shape index (κ3) is 1.69. The largest absolute Gasteiger partial charge is 0.493 e. The van der Waals surface area contributed by atoms with E-state index >= 15 is 0 Å². The Morgan fingerprint density at radius 2 is 2.21 bits per heavy atom. The standard InChI is InChI=1S/C11H11BrO2/c1-7-5-8-10(13)3-2-4-14-11(8)6-9(7)12/h5-6H,2-4H2,1H3. The number of ketones is 1. The van der Waals surface area contributed by atoms with Crippen molar-refractivity contribution in [3.8, 4) is 5.75 Å². The van der Waals surface area contributed by atoms with E-state index in [4.69, 9.17) is 4.74 Å². The monoisotopic (exact) mass is 254 g/mol. The minimum Gasteiger partial charge on any atom is -0.493 e. The molecule has 0 fully saturated rings. The van der Waals surface area contributed by atoms with E-state index in [1.165, 1.54) is 0 Å². The predicted molar refractivity (Wildman–Crippen MR) is 57.9 cm³/mol. The fourth-order valence-corrected chi connectivity index (χ4v) is 1.87. The summed E-state index contributed by atoms with van der Waals surface area (Å²) in [6.45, 7) is 2.61. The van der Waals surface area contributed by atoms with E-state index in [-0.39, 0.29) is 5.78 Å². The van der Waals surface area contributed by atoms with Crippen molar-refractivity contribution < 1.29 is 9.53 Å². The molecule has 0 aliphatic carbocycles. The molecule has 0 spiro atoms. The van der Waals surface area contributed by atoms with Crippen molar-refractivity contribution in [1.82, 2.24) is 0 Å². The second-order valence-corrected chi connectivity index (χ2v) is 4.33. The number of aryl methyl sites for hydroxylation is 1. The summed E-state index contributed by atoms with van der Waals surface area (Å²) in [5, 5.41) is 0. The molecule has 1 aliphatic heterocycles. The van der Waals surface area contributed by atoms with E-state index < -0.39 is 0 Å². The van der Waals surface area contributed by atoms with Crippen molar-refractivity contribution in [2.75, 3.05) is 6.61 Å². The zero-order valence-corrected chi connectivity index (χ0v) is 9.56. The lowest BCUT2D eigenvalue weighted by molar-refractivity contribution is 0.0983. The van der Waals surface area contributed by atoms with Crippen LogP contribution in [0.25, 0.3) is 0 Å². The van der Waals surface area contributed by atoms with Crippen molar-refractivity contribution in [2.24, 2.45) is 0 Å². The number of Topliss-reactive ketones (excluding diaryl/α,β-unsaturated/α-hetero) is 1. The van der Waals surface area contributed by atoms with Crippen LogP contribution >= 0.6 is 15.9 Å². The summed E-state index contributed by atoms with van der Waals surface area (Å²) in [5.41, 5.74) is 1.80. The second kappa shape index (κ2) is 3.73. The van der Waals surface area contributed by atoms with E-state index in [1.807, 2.05) is 19.1 Å². The van der Waals surface area contributed by atoms with Crippen LogP contribution in [-0.4, -0.2) is 12.4 Å². The fraction of sp³-hybridized carbons (Fsp3) is 0.364. The molecular weight excluding hydrogens is 244 g/mol. The molecule has 0 saturated heterocycles. The number of carbonyl (C=O) groups excluding carboxylic acids is 1. The highest BCUT2D eigenvalue weighted by Crippen LogP contribution is 2.30. The Bertz CT molecular complexity index is 385. The Labute approximate surface area is 91.4 Å². The molecule has 0 amide bonds. The Hall–Kier alpha value is -0.830. The number of ether oxygens (including phenoxy) is 1. The quantitative estimate of drug-likeness (QED) is 0.712. The van der Waals surface area contributed by atoms with Crippen molar-refractivity contribution in [3.05, 3.63) is 27.7 Å². The van der Waals surface area contributed by atoms with Crippen LogP contribution in [0.4, 0.5) is 0 Å². The molecule has 1 aromatic rings. The number of hydrogen-bond acceptors (Lipinski definition) is 2. The van der Waals surface area contributed by atoms with E-state index in [0.29, 0.717) is 18.8 Å². The number of benzene rings is 1. The minimum absolute atomic E-state index is 0.188. The summed E-state index contributed by atoms with van der Waals surface area (Å²) in [7, 11) is 0. The number of halogens is 1. The van der Waals surface area contributed by atoms with Crippen LogP contribution in [0.2, 0.25) is 0 Å². The first kappa shape index (κ1) is 9.71. The van der Waals surface area contributed by atoms with Crippen LogP contribution < -0.4 is 4.74 Å². The van der Waals surface area contributed by atoms with E-state index in [1.54, 1.807) is 0 Å². The molecule has 0 aromatic heterocycles. The van der Waals surface area contributed by atoms with Gasteiger partial charge in [-0.3, -0.25) is 4.79 Å². The van der Waals surface area contributed by atoms with Crippen molar-refractivity contribution in [3.63, 3.8) is 0 Å². The predicted octanol–water partition coefficient (Wildman–Crippen LogP) is 3.11. The maximum atomic E-state index is 11.7. The summed E-state index contributed by atoms with van der Waals surface area (Å²) in [4.78, 5) is 11.7. The van der Waals surface area contributed by atoms with E-state index in [2.05, 4.69) is 15.9 Å². The highest BCUT2D eigenvalue weighted by molar-refractivity contribution is 9.10. The van der Waals surface area contributed by atoms with Crippen molar-refractivity contribution in [2.45, 2.75) is 19.8 Å². The molecule has 1 heterocycles. The Morgan fingerprint density at radius 3 is 3.00 bits per heavy atom. The number of rotatable bonds is 0. The van der Waals surface area contributed by atoms with Gasteiger partial charge in [-0.05, 0) is 31.0 Å². The van der Waals surface area contributed by atoms with Gasteiger partial charge in [-0.2, -0.15) is 0 Å². The number of fused-ring (bicyclic) bond motifs is 1. The van der Waals surface area contributed by atoms with Crippen LogP contribution in [0.5, 0.6) is 5.75 Å². The molecule has 0 unspecified atom stereocenters. The molecule has 1 aliphatic rings. The zero-order valence-electron chi connectivity index (χ0n) is 7.97. The summed E-state index contributed by atoms with van der Waals surface area (Å²) < 4.78 is 6.50. The Kier molecular flexibility index (Phi) is 2.59. The van der Waals surface area contributed by atoms with Crippen LogP contribution in [0, 0.1) is 6.92 Å². The fourth-order valence-electron chi connectivity index (χ4n) is 1.55. The third-order valence-corrected chi connectivity index (χ3v) is 3.22. The van der Waals surface area contributed by atoms with Crippen LogP contribution in [-0.2, 0) is 0 Å². The van der Waals surface area contributed by atoms with E-state index in [0.717, 1.165) is 22.0 Å². The molecule has 3 heteroatoms. The van der Waals surface area contributed by atoms with E-state index in [9.17, 15) is 4.79 Å². The van der Waals surface area contributed by atoms with Gasteiger partial charge < -0.3 is 4.74 Å². The topological polar surface area (TPSA) is 26.3 Å². The van der Waals surface area contributed by atoms with Gasteiger partial charge in [0.2, 0.25) is 0 Å². The van der Waals surface area contributed by atoms with Gasteiger partial charge in [0, 0.05) is 10.9 Å². The Balaban J connectivity index is 2.54. The van der Waals surface area contributed by atoms with Gasteiger partial charge in [0.25, 0.3) is 0 Å². The molecule has 0 N–H and O–H groups in total. The summed E-state index contributed by atoms with van der Waals surface area (Å²) in [5.74, 6) is 0.901. The summed E-state index contributed by atoms with van der Waals surface area (Å²) in [6.07, 6.45) is 1.40. The van der Waals surface area contributed by atoms with Crippen molar-refractivity contribution in [1.29, 1.82) is 0 Å². The molecule has 1 aromatic carbocycles.